The van der Waals surface area contributed by atoms with Crippen LogP contribution in [0.15, 0.2) is 67.0 Å². The van der Waals surface area contributed by atoms with Crippen LogP contribution in [0.4, 0.5) is 0 Å². The Morgan fingerprint density at radius 2 is 1.77 bits per heavy atom. The van der Waals surface area contributed by atoms with Crippen molar-refractivity contribution in [2.45, 2.75) is 56.3 Å². The van der Waals surface area contributed by atoms with E-state index in [4.69, 9.17) is 9.47 Å². The van der Waals surface area contributed by atoms with Gasteiger partial charge in [0, 0.05) is 11.5 Å². The van der Waals surface area contributed by atoms with E-state index in [0.717, 1.165) is 17.5 Å². The van der Waals surface area contributed by atoms with Gasteiger partial charge in [-0.15, -0.1) is 0 Å². The van der Waals surface area contributed by atoms with Crippen LogP contribution in [0.1, 0.15) is 61.8 Å². The van der Waals surface area contributed by atoms with E-state index in [0.29, 0.717) is 34.6 Å². The summed E-state index contributed by atoms with van der Waals surface area (Å²) in [5.41, 5.74) is 1.15. The number of hydrogen-bond acceptors (Lipinski definition) is 6. The Hall–Kier alpha value is -3.40. The summed E-state index contributed by atoms with van der Waals surface area (Å²) in [6, 6.07) is 19.6. The van der Waals surface area contributed by atoms with Crippen molar-refractivity contribution in [3.63, 3.8) is 0 Å². The molecule has 3 atom stereocenters. The molecule has 6 heteroatoms. The normalized spacial score (nSPS) is 24.3. The lowest BCUT2D eigenvalue weighted by Gasteiger charge is -2.40. The molecule has 182 valence electrons. The fraction of sp³-hybridized carbons (Fsp3) is 0.379. The number of benzene rings is 2. The van der Waals surface area contributed by atoms with Gasteiger partial charge in [0.2, 0.25) is 0 Å². The lowest BCUT2D eigenvalue weighted by atomic mass is 9.71. The highest BCUT2D eigenvalue weighted by Gasteiger charge is 2.69. The van der Waals surface area contributed by atoms with Crippen molar-refractivity contribution in [1.82, 2.24) is 10.3 Å². The SMILES string of the molecule is CNC(C)(C)C.COc1cncc2c1C1(O)CCC(c3ccccc3)C1(c1ccc(C#N)cc1)O2. The van der Waals surface area contributed by atoms with Crippen LogP contribution < -0.4 is 14.8 Å². The number of nitrogens with one attached hydrogen (secondary N) is 1. The van der Waals surface area contributed by atoms with Crippen molar-refractivity contribution < 1.29 is 14.6 Å². The van der Waals surface area contributed by atoms with Crippen LogP contribution in [0.25, 0.3) is 0 Å². The molecule has 1 saturated carbocycles. The van der Waals surface area contributed by atoms with Crippen LogP contribution in [0.2, 0.25) is 0 Å². The van der Waals surface area contributed by atoms with Crippen LogP contribution in [-0.2, 0) is 11.2 Å². The van der Waals surface area contributed by atoms with Crippen molar-refractivity contribution in [2.75, 3.05) is 14.2 Å². The molecule has 1 fully saturated rings. The topological polar surface area (TPSA) is 87.4 Å². The summed E-state index contributed by atoms with van der Waals surface area (Å²) in [5, 5.41) is 24.5. The van der Waals surface area contributed by atoms with Gasteiger partial charge in [0.05, 0.1) is 36.7 Å². The smallest absolute Gasteiger partial charge is 0.174 e. The second kappa shape index (κ2) is 9.33. The first-order chi connectivity index (χ1) is 16.7. The Balaban J connectivity index is 0.000000431. The minimum atomic E-state index is -1.27. The maximum atomic E-state index is 12.2. The minimum Gasteiger partial charge on any atom is -0.495 e. The molecule has 0 bridgehead atoms. The molecular formula is C29H33N3O3. The zero-order valence-corrected chi connectivity index (χ0v) is 21.0. The van der Waals surface area contributed by atoms with E-state index >= 15 is 0 Å². The lowest BCUT2D eigenvalue weighted by Crippen LogP contribution is -2.48. The van der Waals surface area contributed by atoms with Gasteiger partial charge >= 0.3 is 0 Å². The maximum absolute atomic E-state index is 12.2. The summed E-state index contributed by atoms with van der Waals surface area (Å²) in [5.74, 6) is 0.991. The largest absolute Gasteiger partial charge is 0.495 e. The Morgan fingerprint density at radius 3 is 2.34 bits per heavy atom. The quantitative estimate of drug-likeness (QED) is 0.558. The molecule has 5 rings (SSSR count). The fourth-order valence-corrected chi connectivity index (χ4v) is 5.11. The molecule has 0 amide bonds. The molecule has 1 aliphatic carbocycles. The zero-order valence-electron chi connectivity index (χ0n) is 21.0. The number of aliphatic hydroxyl groups is 1. The Labute approximate surface area is 207 Å². The Morgan fingerprint density at radius 1 is 1.11 bits per heavy atom. The third-order valence-corrected chi connectivity index (χ3v) is 7.08. The van der Waals surface area contributed by atoms with Crippen molar-refractivity contribution >= 4 is 0 Å². The van der Waals surface area contributed by atoms with Gasteiger partial charge in [-0.2, -0.15) is 5.26 Å². The summed E-state index contributed by atoms with van der Waals surface area (Å²) in [7, 11) is 3.53. The van der Waals surface area contributed by atoms with E-state index in [2.05, 4.69) is 49.3 Å². The van der Waals surface area contributed by atoms with Crippen LogP contribution >= 0.6 is 0 Å². The summed E-state index contributed by atoms with van der Waals surface area (Å²) in [6.45, 7) is 6.40. The predicted molar refractivity (Wildman–Crippen MR) is 135 cm³/mol. The predicted octanol–water partition coefficient (Wildman–Crippen LogP) is 5.02. The summed E-state index contributed by atoms with van der Waals surface area (Å²) in [6.07, 6.45) is 4.54. The van der Waals surface area contributed by atoms with E-state index < -0.39 is 11.2 Å². The van der Waals surface area contributed by atoms with Crippen LogP contribution in [-0.4, -0.2) is 29.8 Å². The summed E-state index contributed by atoms with van der Waals surface area (Å²) in [4.78, 5) is 4.23. The standard InChI is InChI=1S/C24H20N2O3.C5H13N/c1-28-20-14-26-15-21-22(20)23(27)12-11-19(17-5-3-2-4-6-17)24(23,29-21)18-9-7-16(13-25)8-10-18;1-5(2,3)6-4/h2-10,14-15,19,27H,11-12H2,1H3;6H,1-4H3. The monoisotopic (exact) mass is 471 g/mol. The van der Waals surface area contributed by atoms with Crippen molar-refractivity contribution in [1.29, 1.82) is 5.26 Å². The van der Waals surface area contributed by atoms with Gasteiger partial charge in [-0.05, 0) is 63.9 Å². The van der Waals surface area contributed by atoms with Crippen LogP contribution in [0.3, 0.4) is 0 Å². The number of pyridine rings is 1. The van der Waals surface area contributed by atoms with Crippen molar-refractivity contribution in [3.05, 3.63) is 89.2 Å². The lowest BCUT2D eigenvalue weighted by molar-refractivity contribution is -0.106. The third-order valence-electron chi connectivity index (χ3n) is 7.08. The first-order valence-corrected chi connectivity index (χ1v) is 11.9. The van der Waals surface area contributed by atoms with Gasteiger partial charge in [-0.1, -0.05) is 42.5 Å². The fourth-order valence-electron chi connectivity index (χ4n) is 5.11. The van der Waals surface area contributed by atoms with Gasteiger partial charge in [-0.25, -0.2) is 0 Å². The molecule has 3 aromatic rings. The highest BCUT2D eigenvalue weighted by molar-refractivity contribution is 5.57. The molecule has 35 heavy (non-hydrogen) atoms. The summed E-state index contributed by atoms with van der Waals surface area (Å²) < 4.78 is 12.2. The second-order valence-corrected chi connectivity index (χ2v) is 10.1. The highest BCUT2D eigenvalue weighted by Crippen LogP contribution is 2.67. The minimum absolute atomic E-state index is 0.0706. The number of nitrogens with zero attached hydrogens (tertiary/aromatic N) is 2. The van der Waals surface area contributed by atoms with Crippen LogP contribution in [0.5, 0.6) is 11.5 Å². The van der Waals surface area contributed by atoms with Gasteiger partial charge < -0.3 is 19.9 Å². The highest BCUT2D eigenvalue weighted by atomic mass is 16.5. The maximum Gasteiger partial charge on any atom is 0.174 e. The molecule has 0 spiro atoms. The molecule has 6 nitrogen and oxygen atoms in total. The molecule has 2 heterocycles. The summed E-state index contributed by atoms with van der Waals surface area (Å²) >= 11 is 0. The van der Waals surface area contributed by atoms with Crippen LogP contribution in [0, 0.1) is 11.3 Å². The first-order valence-electron chi connectivity index (χ1n) is 11.9. The van der Waals surface area contributed by atoms with E-state index in [1.165, 1.54) is 0 Å². The molecule has 2 N–H and O–H groups in total. The number of ether oxygens (including phenoxy) is 2. The van der Waals surface area contributed by atoms with Crippen molar-refractivity contribution in [2.24, 2.45) is 0 Å². The number of fused-ring (bicyclic) bond motifs is 3. The Bertz CT molecular complexity index is 1210. The number of nitriles is 1. The molecular weight excluding hydrogens is 438 g/mol. The third kappa shape index (κ3) is 4.16. The first kappa shape index (κ1) is 24.7. The Kier molecular flexibility index (Phi) is 6.59. The average Bonchev–Trinajstić information content (AvgIpc) is 3.31. The van der Waals surface area contributed by atoms with Gasteiger partial charge in [-0.3, -0.25) is 4.98 Å². The molecule has 0 radical (unpaired) electrons. The van der Waals surface area contributed by atoms with E-state index in [9.17, 15) is 10.4 Å². The van der Waals surface area contributed by atoms with E-state index in [1.807, 2.05) is 37.4 Å². The number of hydrogen-bond donors (Lipinski definition) is 2. The zero-order chi connectivity index (χ0) is 25.3. The number of aromatic nitrogens is 1. The number of rotatable bonds is 3. The molecule has 0 saturated heterocycles. The van der Waals surface area contributed by atoms with Gasteiger partial charge in [0.1, 0.15) is 17.1 Å². The van der Waals surface area contributed by atoms with E-state index in [-0.39, 0.29) is 5.92 Å². The second-order valence-electron chi connectivity index (χ2n) is 10.1. The molecule has 2 aromatic carbocycles. The van der Waals surface area contributed by atoms with E-state index in [1.54, 1.807) is 31.6 Å². The molecule has 3 unspecified atom stereocenters. The number of methoxy groups -OCH3 is 1. The van der Waals surface area contributed by atoms with Crippen molar-refractivity contribution in [3.8, 4) is 17.6 Å². The molecule has 1 aliphatic heterocycles. The molecule has 2 aliphatic rings. The van der Waals surface area contributed by atoms with Gasteiger partial charge in [0.15, 0.2) is 5.60 Å². The average molecular weight is 472 g/mol. The molecule has 1 aromatic heterocycles. The van der Waals surface area contributed by atoms with Gasteiger partial charge in [0.25, 0.3) is 0 Å².